The van der Waals surface area contributed by atoms with Gasteiger partial charge in [0.2, 0.25) is 0 Å². The van der Waals surface area contributed by atoms with Gasteiger partial charge in [-0.05, 0) is 63.7 Å². The van der Waals surface area contributed by atoms with Crippen LogP contribution in [0.2, 0.25) is 0 Å². The first kappa shape index (κ1) is 15.4. The van der Waals surface area contributed by atoms with Gasteiger partial charge in [0, 0.05) is 11.4 Å². The molecule has 1 aliphatic heterocycles. The van der Waals surface area contributed by atoms with Crippen LogP contribution < -0.4 is 5.32 Å². The number of likely N-dealkylation sites (tertiary alicyclic amines) is 1. The second-order valence-corrected chi connectivity index (χ2v) is 6.06. The van der Waals surface area contributed by atoms with Crippen LogP contribution in [0.15, 0.2) is 29.2 Å². The molecule has 3 nitrogen and oxygen atoms in total. The van der Waals surface area contributed by atoms with Gasteiger partial charge < -0.3 is 10.2 Å². The molecule has 1 heterocycles. The Labute approximate surface area is 126 Å². The van der Waals surface area contributed by atoms with E-state index in [4.69, 9.17) is 0 Å². The quantitative estimate of drug-likeness (QED) is 0.619. The largest absolute Gasteiger partial charge is 0.352 e. The summed E-state index contributed by atoms with van der Waals surface area (Å²) in [5, 5.41) is 3.03. The van der Waals surface area contributed by atoms with Crippen molar-refractivity contribution < 1.29 is 4.79 Å². The fourth-order valence-corrected chi connectivity index (χ4v) is 3.19. The third kappa shape index (κ3) is 4.53. The van der Waals surface area contributed by atoms with E-state index < -0.39 is 0 Å². The first-order valence-corrected chi connectivity index (χ1v) is 8.67. The lowest BCUT2D eigenvalue weighted by atomic mass is 10.2. The Kier molecular flexibility index (Phi) is 6.40. The topological polar surface area (TPSA) is 32.3 Å². The number of thioether (sulfide) groups is 1. The zero-order valence-electron chi connectivity index (χ0n) is 12.2. The number of hydrogen-bond donors (Lipinski definition) is 1. The molecule has 1 aromatic carbocycles. The van der Waals surface area contributed by atoms with Crippen LogP contribution in [-0.4, -0.2) is 43.2 Å². The maximum absolute atomic E-state index is 12.1. The van der Waals surface area contributed by atoms with Crippen molar-refractivity contribution in [1.82, 2.24) is 10.2 Å². The van der Waals surface area contributed by atoms with Gasteiger partial charge in [0.1, 0.15) is 0 Å². The molecule has 4 heteroatoms. The summed E-state index contributed by atoms with van der Waals surface area (Å²) in [6.45, 7) is 4.47. The maximum Gasteiger partial charge on any atom is 0.252 e. The molecule has 0 aromatic heterocycles. The molecule has 0 radical (unpaired) electrons. The van der Waals surface area contributed by atoms with Gasteiger partial charge in [0.15, 0.2) is 0 Å². The van der Waals surface area contributed by atoms with Crippen LogP contribution in [0.25, 0.3) is 0 Å². The molecule has 1 N–H and O–H groups in total. The molecule has 0 atom stereocenters. The van der Waals surface area contributed by atoms with Crippen molar-refractivity contribution in [1.29, 1.82) is 0 Å². The molecule has 1 saturated heterocycles. The molecular formula is C16H24N2OS. The molecule has 0 spiro atoms. The van der Waals surface area contributed by atoms with Crippen molar-refractivity contribution >= 4 is 17.7 Å². The number of nitrogens with one attached hydrogen (secondary N) is 1. The van der Waals surface area contributed by atoms with Gasteiger partial charge in [-0.25, -0.2) is 0 Å². The van der Waals surface area contributed by atoms with Crippen LogP contribution >= 0.6 is 11.8 Å². The average Bonchev–Trinajstić information content (AvgIpc) is 3.00. The minimum atomic E-state index is 0.0520. The van der Waals surface area contributed by atoms with Crippen molar-refractivity contribution in [2.45, 2.75) is 30.6 Å². The van der Waals surface area contributed by atoms with Crippen molar-refractivity contribution in [3.05, 3.63) is 29.8 Å². The van der Waals surface area contributed by atoms with Gasteiger partial charge in [0.05, 0.1) is 5.56 Å². The Balaban J connectivity index is 1.67. The monoisotopic (exact) mass is 292 g/mol. The molecule has 0 unspecified atom stereocenters. The first-order valence-electron chi connectivity index (χ1n) is 7.45. The minimum Gasteiger partial charge on any atom is -0.352 e. The third-order valence-electron chi connectivity index (χ3n) is 3.74. The highest BCUT2D eigenvalue weighted by Crippen LogP contribution is 2.19. The van der Waals surface area contributed by atoms with Crippen molar-refractivity contribution in [2.75, 3.05) is 32.4 Å². The second-order valence-electron chi connectivity index (χ2n) is 5.21. The molecule has 1 aliphatic rings. The maximum atomic E-state index is 12.1. The Morgan fingerprint density at radius 1 is 1.25 bits per heavy atom. The number of unbranched alkanes of at least 4 members (excludes halogenated alkanes) is 1. The standard InChI is InChI=1S/C16H24N2OS/c1-20-15-9-3-2-8-14(15)16(19)17-10-4-5-11-18-12-6-7-13-18/h2-3,8-9H,4-7,10-13H2,1H3,(H,17,19). The highest BCUT2D eigenvalue weighted by atomic mass is 32.2. The van der Waals surface area contributed by atoms with Crippen molar-refractivity contribution in [2.24, 2.45) is 0 Å². The van der Waals surface area contributed by atoms with E-state index in [-0.39, 0.29) is 5.91 Å². The fourth-order valence-electron chi connectivity index (χ4n) is 2.60. The molecule has 0 bridgehead atoms. The molecule has 20 heavy (non-hydrogen) atoms. The summed E-state index contributed by atoms with van der Waals surface area (Å²) in [4.78, 5) is 15.7. The van der Waals surface area contributed by atoms with Crippen LogP contribution in [0.4, 0.5) is 0 Å². The van der Waals surface area contributed by atoms with Gasteiger partial charge in [-0.2, -0.15) is 0 Å². The average molecular weight is 292 g/mol. The number of hydrogen-bond acceptors (Lipinski definition) is 3. The van der Waals surface area contributed by atoms with Crippen LogP contribution in [0, 0.1) is 0 Å². The lowest BCUT2D eigenvalue weighted by molar-refractivity contribution is 0.0949. The van der Waals surface area contributed by atoms with E-state index in [2.05, 4.69) is 10.2 Å². The van der Waals surface area contributed by atoms with E-state index in [1.165, 1.54) is 38.9 Å². The molecule has 0 saturated carbocycles. The van der Waals surface area contributed by atoms with Gasteiger partial charge in [-0.1, -0.05) is 12.1 Å². The molecule has 1 aromatic rings. The number of carbonyl (C=O) groups is 1. The van der Waals surface area contributed by atoms with E-state index in [1.54, 1.807) is 11.8 Å². The van der Waals surface area contributed by atoms with Crippen molar-refractivity contribution in [3.8, 4) is 0 Å². The van der Waals surface area contributed by atoms with Crippen LogP contribution in [-0.2, 0) is 0 Å². The van der Waals surface area contributed by atoms with Gasteiger partial charge in [-0.3, -0.25) is 4.79 Å². The molecule has 1 fully saturated rings. The SMILES string of the molecule is CSc1ccccc1C(=O)NCCCCN1CCCC1. The number of carbonyl (C=O) groups excluding carboxylic acids is 1. The van der Waals surface area contributed by atoms with E-state index in [9.17, 15) is 4.79 Å². The lowest BCUT2D eigenvalue weighted by Crippen LogP contribution is -2.26. The number of rotatable bonds is 7. The highest BCUT2D eigenvalue weighted by Gasteiger charge is 2.11. The van der Waals surface area contributed by atoms with Crippen molar-refractivity contribution in [3.63, 3.8) is 0 Å². The minimum absolute atomic E-state index is 0.0520. The molecule has 2 rings (SSSR count). The first-order chi connectivity index (χ1) is 9.81. The summed E-state index contributed by atoms with van der Waals surface area (Å²) in [6.07, 6.45) is 6.93. The number of nitrogens with zero attached hydrogens (tertiary/aromatic N) is 1. The summed E-state index contributed by atoms with van der Waals surface area (Å²) < 4.78 is 0. The lowest BCUT2D eigenvalue weighted by Gasteiger charge is -2.14. The van der Waals surface area contributed by atoms with E-state index in [1.807, 2.05) is 30.5 Å². The highest BCUT2D eigenvalue weighted by molar-refractivity contribution is 7.98. The van der Waals surface area contributed by atoms with Gasteiger partial charge in [-0.15, -0.1) is 11.8 Å². The Morgan fingerprint density at radius 3 is 2.75 bits per heavy atom. The van der Waals surface area contributed by atoms with Gasteiger partial charge >= 0.3 is 0 Å². The predicted molar refractivity (Wildman–Crippen MR) is 85.5 cm³/mol. The molecule has 110 valence electrons. The summed E-state index contributed by atoms with van der Waals surface area (Å²) in [5.41, 5.74) is 0.791. The zero-order valence-corrected chi connectivity index (χ0v) is 13.0. The number of benzene rings is 1. The number of amides is 1. The fraction of sp³-hybridized carbons (Fsp3) is 0.562. The molecule has 1 amide bonds. The molecular weight excluding hydrogens is 268 g/mol. The van der Waals surface area contributed by atoms with Gasteiger partial charge in [0.25, 0.3) is 5.91 Å². The zero-order chi connectivity index (χ0) is 14.2. The Morgan fingerprint density at radius 2 is 2.00 bits per heavy atom. The summed E-state index contributed by atoms with van der Waals surface area (Å²) >= 11 is 1.62. The normalized spacial score (nSPS) is 15.4. The summed E-state index contributed by atoms with van der Waals surface area (Å²) in [5.74, 6) is 0.0520. The van der Waals surface area contributed by atoms with Crippen LogP contribution in [0.3, 0.4) is 0 Å². The summed E-state index contributed by atoms with van der Waals surface area (Å²) in [6, 6.07) is 7.78. The third-order valence-corrected chi connectivity index (χ3v) is 4.53. The van der Waals surface area contributed by atoms with Crippen LogP contribution in [0.5, 0.6) is 0 Å². The van der Waals surface area contributed by atoms with E-state index in [0.29, 0.717) is 0 Å². The smallest absolute Gasteiger partial charge is 0.252 e. The Hall–Kier alpha value is -1.00. The van der Waals surface area contributed by atoms with E-state index in [0.717, 1.165) is 23.4 Å². The van der Waals surface area contributed by atoms with Crippen LogP contribution in [0.1, 0.15) is 36.0 Å². The summed E-state index contributed by atoms with van der Waals surface area (Å²) in [7, 11) is 0. The second kappa shape index (κ2) is 8.32. The molecule has 0 aliphatic carbocycles. The van der Waals surface area contributed by atoms with E-state index >= 15 is 0 Å². The Bertz CT molecular complexity index is 430. The predicted octanol–water partition coefficient (Wildman–Crippen LogP) is 3.01.